The highest BCUT2D eigenvalue weighted by molar-refractivity contribution is 7.89. The molecule has 0 bridgehead atoms. The number of carbonyl (C=O) groups excluding carboxylic acids is 2. The summed E-state index contributed by atoms with van der Waals surface area (Å²) in [6, 6.07) is 8.41. The van der Waals surface area contributed by atoms with Crippen molar-refractivity contribution in [1.82, 2.24) is 4.72 Å². The van der Waals surface area contributed by atoms with Crippen LogP contribution in [-0.4, -0.2) is 32.0 Å². The third-order valence-corrected chi connectivity index (χ3v) is 6.83. The van der Waals surface area contributed by atoms with E-state index in [1.807, 2.05) is 0 Å². The summed E-state index contributed by atoms with van der Waals surface area (Å²) < 4.78 is 99.6. The molecule has 9 nitrogen and oxygen atoms in total. The second-order valence-electron chi connectivity index (χ2n) is 8.38. The summed E-state index contributed by atoms with van der Waals surface area (Å²) in [5.74, 6) is -15.5. The first-order valence-electron chi connectivity index (χ1n) is 11.0. The first-order chi connectivity index (χ1) is 18.3. The largest absolute Gasteiger partial charge is 0.416 e. The van der Waals surface area contributed by atoms with Gasteiger partial charge in [-0.1, -0.05) is 6.07 Å². The van der Waals surface area contributed by atoms with Crippen molar-refractivity contribution in [3.05, 3.63) is 82.7 Å². The van der Waals surface area contributed by atoms with E-state index in [0.29, 0.717) is 5.69 Å². The van der Waals surface area contributed by atoms with Crippen molar-refractivity contribution in [3.63, 3.8) is 0 Å². The third-order valence-electron chi connectivity index (χ3n) is 5.17. The van der Waals surface area contributed by atoms with Gasteiger partial charge in [-0.15, -0.1) is 0 Å². The van der Waals surface area contributed by atoms with E-state index in [0.717, 1.165) is 12.1 Å². The number of fused-ring (bicyclic) bond motifs is 1. The molecular weight excluding hydrogens is 551 g/mol. The fourth-order valence-electron chi connectivity index (χ4n) is 3.45. The maximum atomic E-state index is 13.9. The molecule has 3 aromatic carbocycles. The predicted octanol–water partition coefficient (Wildman–Crippen LogP) is 4.06. The number of hydrogen-bond acceptors (Lipinski definition) is 7. The smallest absolute Gasteiger partial charge is 0.343 e. The van der Waals surface area contributed by atoms with Crippen LogP contribution in [0.25, 0.3) is 0 Å². The molecule has 0 atom stereocenters. The number of carbonyl (C=O) groups is 2. The van der Waals surface area contributed by atoms with Gasteiger partial charge in [0.2, 0.25) is 44.9 Å². The van der Waals surface area contributed by atoms with Crippen molar-refractivity contribution in [3.8, 4) is 5.75 Å². The summed E-state index contributed by atoms with van der Waals surface area (Å²) in [6.45, 7) is 3.28. The lowest BCUT2D eigenvalue weighted by molar-refractivity contribution is -0.110. The Bertz CT molecular complexity index is 1630. The number of esters is 1. The van der Waals surface area contributed by atoms with Crippen LogP contribution in [-0.2, 0) is 14.8 Å². The number of nitrogens with zero attached hydrogens (tertiary/aromatic N) is 1. The summed E-state index contributed by atoms with van der Waals surface area (Å²) in [4.78, 5) is 24.7. The lowest BCUT2D eigenvalue weighted by Crippen LogP contribution is -2.30. The minimum atomic E-state index is -3.88. The van der Waals surface area contributed by atoms with E-state index in [1.54, 1.807) is 13.8 Å². The molecule has 4 rings (SSSR count). The van der Waals surface area contributed by atoms with Gasteiger partial charge in [-0.3, -0.25) is 10.2 Å². The van der Waals surface area contributed by atoms with E-state index in [2.05, 4.69) is 25.3 Å². The molecule has 0 radical (unpaired) electrons. The molecule has 0 aliphatic carbocycles. The first-order valence-corrected chi connectivity index (χ1v) is 12.4. The topological polar surface area (TPSA) is 126 Å². The summed E-state index contributed by atoms with van der Waals surface area (Å²) >= 11 is 0. The predicted molar refractivity (Wildman–Crippen MR) is 128 cm³/mol. The number of hydrogen-bond donors (Lipinski definition) is 3. The minimum absolute atomic E-state index is 0.0564. The van der Waals surface area contributed by atoms with Gasteiger partial charge in [-0.2, -0.15) is 13.9 Å². The average molecular weight is 568 g/mol. The number of halogens is 5. The van der Waals surface area contributed by atoms with Gasteiger partial charge in [-0.25, -0.2) is 31.1 Å². The van der Waals surface area contributed by atoms with E-state index in [9.17, 15) is 40.0 Å². The van der Waals surface area contributed by atoms with Gasteiger partial charge in [0.05, 0.1) is 21.8 Å². The Morgan fingerprint density at radius 1 is 0.949 bits per heavy atom. The number of rotatable bonds is 7. The van der Waals surface area contributed by atoms with Crippen LogP contribution >= 0.6 is 0 Å². The highest BCUT2D eigenvalue weighted by Gasteiger charge is 2.30. The van der Waals surface area contributed by atoms with Crippen molar-refractivity contribution in [2.24, 2.45) is 5.10 Å². The highest BCUT2D eigenvalue weighted by atomic mass is 32.2. The van der Waals surface area contributed by atoms with Crippen molar-refractivity contribution in [2.45, 2.75) is 24.8 Å². The van der Waals surface area contributed by atoms with Gasteiger partial charge in [0.1, 0.15) is 0 Å². The number of nitrogens with one attached hydrogen (secondary N) is 3. The molecule has 1 aliphatic heterocycles. The van der Waals surface area contributed by atoms with E-state index >= 15 is 0 Å². The molecule has 0 aromatic heterocycles. The molecule has 1 aliphatic rings. The van der Waals surface area contributed by atoms with Crippen molar-refractivity contribution < 1.29 is 44.7 Å². The molecular formula is C24H17F5N4O5S. The molecule has 1 heterocycles. The van der Waals surface area contributed by atoms with Crippen LogP contribution in [0.3, 0.4) is 0 Å². The number of hydrazone groups is 1. The lowest BCUT2D eigenvalue weighted by Gasteiger charge is -2.10. The highest BCUT2D eigenvalue weighted by Crippen LogP contribution is 2.30. The molecule has 3 N–H and O–H groups in total. The van der Waals surface area contributed by atoms with Crippen LogP contribution in [0.2, 0.25) is 0 Å². The molecule has 204 valence electrons. The van der Waals surface area contributed by atoms with Gasteiger partial charge >= 0.3 is 5.97 Å². The Hall–Kier alpha value is -4.37. The van der Waals surface area contributed by atoms with Gasteiger partial charge in [-0.05, 0) is 50.2 Å². The van der Waals surface area contributed by atoms with Crippen LogP contribution in [0.4, 0.5) is 33.3 Å². The fourth-order valence-corrected chi connectivity index (χ4v) is 4.73. The van der Waals surface area contributed by atoms with Crippen LogP contribution in [0, 0.1) is 29.1 Å². The fraction of sp³-hybridized carbons (Fsp3) is 0.125. The number of anilines is 2. The monoisotopic (exact) mass is 568 g/mol. The van der Waals surface area contributed by atoms with E-state index in [4.69, 9.17) is 0 Å². The molecule has 0 saturated carbocycles. The van der Waals surface area contributed by atoms with Gasteiger partial charge in [0.25, 0.3) is 5.91 Å². The Labute approximate surface area is 217 Å². The number of ether oxygens (including phenoxy) is 1. The Morgan fingerprint density at radius 3 is 2.23 bits per heavy atom. The Balaban J connectivity index is 1.59. The molecule has 3 aromatic rings. The quantitative estimate of drug-likeness (QED) is 0.0986. The second-order valence-corrected chi connectivity index (χ2v) is 10.1. The van der Waals surface area contributed by atoms with E-state index in [1.165, 1.54) is 30.3 Å². The Morgan fingerprint density at radius 2 is 1.59 bits per heavy atom. The minimum Gasteiger partial charge on any atom is -0.416 e. The normalized spacial score (nSPS) is 13.9. The zero-order valence-corrected chi connectivity index (χ0v) is 20.7. The maximum Gasteiger partial charge on any atom is 0.343 e. The Kier molecular flexibility index (Phi) is 7.39. The molecule has 0 spiro atoms. The lowest BCUT2D eigenvalue weighted by atomic mass is 10.1. The zero-order chi connectivity index (χ0) is 28.6. The maximum absolute atomic E-state index is 13.9. The van der Waals surface area contributed by atoms with Crippen molar-refractivity contribution in [1.29, 1.82) is 0 Å². The SMILES string of the molecule is CC(C)NS(=O)(=O)c1ccc2c(c1)/C(=N/Nc1cccc(C(=O)Oc3c(F)c(F)c(F)c(F)c3F)c1)C(=O)N2. The molecule has 0 fully saturated rings. The van der Waals surface area contributed by atoms with Crippen LogP contribution in [0.15, 0.2) is 52.5 Å². The molecule has 0 unspecified atom stereocenters. The second kappa shape index (κ2) is 10.4. The molecule has 39 heavy (non-hydrogen) atoms. The molecule has 0 saturated heterocycles. The van der Waals surface area contributed by atoms with E-state index < -0.39 is 56.7 Å². The number of benzene rings is 3. The average Bonchev–Trinajstić information content (AvgIpc) is 3.21. The van der Waals surface area contributed by atoms with Crippen molar-refractivity contribution in [2.75, 3.05) is 10.7 Å². The molecule has 1 amide bonds. The van der Waals surface area contributed by atoms with Gasteiger partial charge < -0.3 is 10.1 Å². The standard InChI is InChI=1S/C24H17F5N4O5S/c1-10(2)33-39(36,37)13-6-7-15-14(9-13)21(23(34)30-15)32-31-12-5-3-4-11(8-12)24(35)38-22-19(28)17(26)16(25)18(27)20(22)29/h3-10,31,33H,1-2H3,(H,30,32,34). The number of sulfonamides is 1. The van der Waals surface area contributed by atoms with E-state index in [-0.39, 0.29) is 33.5 Å². The van der Waals surface area contributed by atoms with Crippen LogP contribution in [0.1, 0.15) is 29.8 Å². The summed E-state index contributed by atoms with van der Waals surface area (Å²) in [6.07, 6.45) is 0. The number of amides is 1. The third kappa shape index (κ3) is 5.44. The molecule has 15 heteroatoms. The summed E-state index contributed by atoms with van der Waals surface area (Å²) in [7, 11) is -3.88. The van der Waals surface area contributed by atoms with Crippen LogP contribution < -0.4 is 20.2 Å². The van der Waals surface area contributed by atoms with Gasteiger partial charge in [0.15, 0.2) is 5.71 Å². The summed E-state index contributed by atoms with van der Waals surface area (Å²) in [5.41, 5.74) is 2.45. The van der Waals surface area contributed by atoms with Crippen LogP contribution in [0.5, 0.6) is 5.75 Å². The first kappa shape index (κ1) is 27.7. The van der Waals surface area contributed by atoms with Crippen molar-refractivity contribution >= 4 is 39.0 Å². The summed E-state index contributed by atoms with van der Waals surface area (Å²) in [5, 5.41) is 6.50. The van der Waals surface area contributed by atoms with Gasteiger partial charge in [0, 0.05) is 11.6 Å². The zero-order valence-electron chi connectivity index (χ0n) is 19.9.